The van der Waals surface area contributed by atoms with Crippen LogP contribution in [0.4, 0.5) is 11.4 Å². The average Bonchev–Trinajstić information content (AvgIpc) is 3.73. The second kappa shape index (κ2) is 9.37. The van der Waals surface area contributed by atoms with Crippen LogP contribution in [0.15, 0.2) is 97.2 Å². The molecule has 4 aromatic rings. The number of ether oxygens (including phenoxy) is 2. The third-order valence-electron chi connectivity index (χ3n) is 9.12. The van der Waals surface area contributed by atoms with Crippen LogP contribution in [0.25, 0.3) is 6.08 Å². The molecule has 0 bridgehead atoms. The summed E-state index contributed by atoms with van der Waals surface area (Å²) >= 11 is 0. The molecule has 10 nitrogen and oxygen atoms in total. The first kappa shape index (κ1) is 25.9. The predicted molar refractivity (Wildman–Crippen MR) is 158 cm³/mol. The van der Waals surface area contributed by atoms with Gasteiger partial charge in [0.1, 0.15) is 11.5 Å². The molecule has 1 saturated heterocycles. The lowest BCUT2D eigenvalue weighted by Crippen LogP contribution is -2.49. The third-order valence-corrected chi connectivity index (χ3v) is 9.12. The zero-order chi connectivity index (χ0) is 30.2. The van der Waals surface area contributed by atoms with Gasteiger partial charge in [0.2, 0.25) is 12.7 Å². The quantitative estimate of drug-likeness (QED) is 0.190. The van der Waals surface area contributed by atoms with Crippen molar-refractivity contribution in [3.8, 4) is 11.5 Å². The first-order valence-electron chi connectivity index (χ1n) is 14.1. The smallest absolute Gasteiger partial charge is 0.270 e. The molecular formula is C34H23N3O7. The molecule has 4 aliphatic rings. The van der Waals surface area contributed by atoms with Crippen molar-refractivity contribution in [3.63, 3.8) is 0 Å². The number of hydrogen-bond donors (Lipinski definition) is 1. The van der Waals surface area contributed by atoms with Gasteiger partial charge in [-0.2, -0.15) is 0 Å². The van der Waals surface area contributed by atoms with E-state index in [4.69, 9.17) is 9.47 Å². The fourth-order valence-corrected chi connectivity index (χ4v) is 7.34. The summed E-state index contributed by atoms with van der Waals surface area (Å²) in [6.07, 6.45) is 3.65. The van der Waals surface area contributed by atoms with E-state index in [0.29, 0.717) is 22.7 Å². The van der Waals surface area contributed by atoms with Crippen molar-refractivity contribution in [1.82, 2.24) is 4.90 Å². The zero-order valence-corrected chi connectivity index (χ0v) is 23.0. The predicted octanol–water partition coefficient (Wildman–Crippen LogP) is 5.31. The normalized spacial score (nSPS) is 23.6. The first-order valence-corrected chi connectivity index (χ1v) is 14.1. The van der Waals surface area contributed by atoms with Crippen LogP contribution in [-0.4, -0.2) is 40.1 Å². The van der Waals surface area contributed by atoms with E-state index in [-0.39, 0.29) is 23.6 Å². The lowest BCUT2D eigenvalue weighted by molar-refractivity contribution is -0.384. The molecule has 216 valence electrons. The number of ketones is 2. The molecule has 1 amide bonds. The lowest BCUT2D eigenvalue weighted by atomic mass is 9.62. The molecule has 1 spiro atoms. The molecule has 0 saturated carbocycles. The van der Waals surface area contributed by atoms with Crippen LogP contribution in [0.3, 0.4) is 0 Å². The Kier molecular flexibility index (Phi) is 5.51. The number of nitrogens with one attached hydrogen (secondary N) is 1. The number of fused-ring (bicyclic) bond motifs is 7. The minimum atomic E-state index is -1.55. The third kappa shape index (κ3) is 3.45. The van der Waals surface area contributed by atoms with Crippen molar-refractivity contribution in [2.45, 2.75) is 17.5 Å². The summed E-state index contributed by atoms with van der Waals surface area (Å²) in [6.45, 7) is 0.0259. The van der Waals surface area contributed by atoms with Gasteiger partial charge in [0.25, 0.3) is 5.69 Å². The highest BCUT2D eigenvalue weighted by atomic mass is 16.7. The molecule has 4 atom stereocenters. The Morgan fingerprint density at radius 2 is 1.66 bits per heavy atom. The van der Waals surface area contributed by atoms with Crippen LogP contribution >= 0.6 is 0 Å². The summed E-state index contributed by atoms with van der Waals surface area (Å²) in [6, 6.07) is 23.2. The van der Waals surface area contributed by atoms with Gasteiger partial charge in [0, 0.05) is 35.1 Å². The highest BCUT2D eigenvalue weighted by Gasteiger charge is 2.70. The lowest BCUT2D eigenvalue weighted by Gasteiger charge is -2.38. The Morgan fingerprint density at radius 3 is 2.52 bits per heavy atom. The van der Waals surface area contributed by atoms with Gasteiger partial charge in [0.15, 0.2) is 23.1 Å². The number of nitro benzene ring substituents is 1. The molecule has 0 unspecified atom stereocenters. The minimum absolute atomic E-state index is 0.0259. The number of nitro groups is 1. The topological polar surface area (TPSA) is 128 Å². The molecule has 1 N–H and O–H groups in total. The van der Waals surface area contributed by atoms with Crippen LogP contribution in [0.5, 0.6) is 11.5 Å². The number of rotatable bonds is 5. The maximum Gasteiger partial charge on any atom is 0.270 e. The largest absolute Gasteiger partial charge is 0.454 e. The summed E-state index contributed by atoms with van der Waals surface area (Å²) in [5.41, 5.74) is 1.32. The van der Waals surface area contributed by atoms with E-state index in [1.54, 1.807) is 42.6 Å². The number of para-hydroxylation sites is 1. The van der Waals surface area contributed by atoms with Gasteiger partial charge in [-0.25, -0.2) is 0 Å². The average molecular weight is 586 g/mol. The summed E-state index contributed by atoms with van der Waals surface area (Å²) in [5, 5.41) is 14.7. The van der Waals surface area contributed by atoms with Crippen LogP contribution in [0, 0.1) is 16.0 Å². The number of amides is 1. The fraction of sp³-hybridized carbons (Fsp3) is 0.147. The molecule has 8 rings (SSSR count). The molecule has 0 aromatic heterocycles. The molecule has 1 fully saturated rings. The Morgan fingerprint density at radius 1 is 0.886 bits per heavy atom. The summed E-state index contributed by atoms with van der Waals surface area (Å²) in [4.78, 5) is 57.1. The van der Waals surface area contributed by atoms with Crippen molar-refractivity contribution in [3.05, 3.63) is 135 Å². The minimum Gasteiger partial charge on any atom is -0.454 e. The van der Waals surface area contributed by atoms with E-state index in [1.165, 1.54) is 24.3 Å². The standard InChI is InChI=1S/C34H23N3O7/c38-30(20-7-5-8-22(16-20)37(41)42)28-29(31(39)21-12-13-26-27(17-21)44-18-43-26)36-15-14-19-6-1-2-9-23(19)32(36)34(28)24-10-3-4-11-25(24)35-33(34)40/h1-17,28-29,32H,18H2,(H,35,40)/t28-,29+,32+,34+/m1/s1. The Labute approximate surface area is 250 Å². The van der Waals surface area contributed by atoms with E-state index in [9.17, 15) is 24.5 Å². The highest BCUT2D eigenvalue weighted by Crippen LogP contribution is 2.62. The van der Waals surface area contributed by atoms with Gasteiger partial charge in [-0.15, -0.1) is 0 Å². The maximum absolute atomic E-state index is 14.9. The molecule has 10 heteroatoms. The number of non-ortho nitro benzene ring substituents is 1. The van der Waals surface area contributed by atoms with Gasteiger partial charge in [-0.3, -0.25) is 24.5 Å². The van der Waals surface area contributed by atoms with Gasteiger partial charge in [-0.05, 0) is 47.0 Å². The van der Waals surface area contributed by atoms with Crippen molar-refractivity contribution in [2.75, 3.05) is 12.1 Å². The van der Waals surface area contributed by atoms with E-state index in [2.05, 4.69) is 5.32 Å². The van der Waals surface area contributed by atoms with E-state index >= 15 is 0 Å². The van der Waals surface area contributed by atoms with Crippen LogP contribution in [0.1, 0.15) is 43.4 Å². The number of anilines is 1. The molecule has 4 heterocycles. The number of Topliss-reactive ketones (excluding diaryl/α,β-unsaturated/α-hetero) is 2. The van der Waals surface area contributed by atoms with E-state index < -0.39 is 45.8 Å². The molecule has 0 aliphatic carbocycles. The fourth-order valence-electron chi connectivity index (χ4n) is 7.34. The second-order valence-corrected chi connectivity index (χ2v) is 11.2. The number of carbonyl (C=O) groups excluding carboxylic acids is 3. The van der Waals surface area contributed by atoms with E-state index in [0.717, 1.165) is 11.1 Å². The van der Waals surface area contributed by atoms with Gasteiger partial charge >= 0.3 is 0 Å². The second-order valence-electron chi connectivity index (χ2n) is 11.2. The Hall–Kier alpha value is -5.77. The van der Waals surface area contributed by atoms with Gasteiger partial charge in [-0.1, -0.05) is 54.6 Å². The van der Waals surface area contributed by atoms with Crippen molar-refractivity contribution in [2.24, 2.45) is 5.92 Å². The Bertz CT molecular complexity index is 1970. The SMILES string of the molecule is O=C(c1ccc2c(c1)OCO2)[C@@H]1[C@H](C(=O)c2cccc([N+](=O)[O-])c2)[C@]2(C(=O)Nc3ccccc32)[C@@H]2c3ccccc3C=CN12. The molecule has 4 aromatic carbocycles. The van der Waals surface area contributed by atoms with Crippen LogP contribution in [0.2, 0.25) is 0 Å². The number of hydrogen-bond acceptors (Lipinski definition) is 8. The van der Waals surface area contributed by atoms with Crippen molar-refractivity contribution >= 4 is 34.9 Å². The first-order chi connectivity index (χ1) is 21.4. The van der Waals surface area contributed by atoms with Gasteiger partial charge in [0.05, 0.1) is 16.9 Å². The molecular weight excluding hydrogens is 562 g/mol. The number of carbonyl (C=O) groups is 3. The van der Waals surface area contributed by atoms with Crippen LogP contribution in [-0.2, 0) is 10.2 Å². The van der Waals surface area contributed by atoms with Crippen molar-refractivity contribution < 1.29 is 28.8 Å². The highest BCUT2D eigenvalue weighted by molar-refractivity contribution is 6.16. The maximum atomic E-state index is 14.9. The summed E-state index contributed by atoms with van der Waals surface area (Å²) in [7, 11) is 0. The Balaban J connectivity index is 1.40. The van der Waals surface area contributed by atoms with Crippen LogP contribution < -0.4 is 14.8 Å². The summed E-state index contributed by atoms with van der Waals surface area (Å²) < 4.78 is 11.0. The van der Waals surface area contributed by atoms with Gasteiger partial charge < -0.3 is 19.7 Å². The monoisotopic (exact) mass is 585 g/mol. The molecule has 44 heavy (non-hydrogen) atoms. The molecule has 0 radical (unpaired) electrons. The molecule has 4 aliphatic heterocycles. The van der Waals surface area contributed by atoms with Crippen molar-refractivity contribution in [1.29, 1.82) is 0 Å². The number of benzene rings is 4. The summed E-state index contributed by atoms with van der Waals surface area (Å²) in [5.74, 6) is -1.70. The zero-order valence-electron chi connectivity index (χ0n) is 23.0. The van der Waals surface area contributed by atoms with E-state index in [1.807, 2.05) is 41.3 Å². The number of nitrogens with zero attached hydrogens (tertiary/aromatic N) is 2.